The third kappa shape index (κ3) is 4.83. The molecule has 0 saturated carbocycles. The Morgan fingerprint density at radius 3 is 2.69 bits per heavy atom. The van der Waals surface area contributed by atoms with E-state index in [2.05, 4.69) is 34.5 Å². The van der Waals surface area contributed by atoms with Crippen molar-refractivity contribution in [1.82, 2.24) is 15.1 Å². The summed E-state index contributed by atoms with van der Waals surface area (Å²) >= 11 is 0. The number of rotatable bonds is 4. The van der Waals surface area contributed by atoms with E-state index in [-0.39, 0.29) is 18.4 Å². The van der Waals surface area contributed by atoms with Crippen LogP contribution in [0.1, 0.15) is 37.3 Å². The molecule has 2 N–H and O–H groups in total. The minimum absolute atomic E-state index is 0.0384. The predicted octanol–water partition coefficient (Wildman–Crippen LogP) is 0.924. The first-order chi connectivity index (χ1) is 12.5. The highest BCUT2D eigenvalue weighted by Gasteiger charge is 2.34. The summed E-state index contributed by atoms with van der Waals surface area (Å²) in [5.74, 6) is -0.272. The van der Waals surface area contributed by atoms with Gasteiger partial charge in [0, 0.05) is 39.6 Å². The lowest BCUT2D eigenvalue weighted by Crippen LogP contribution is -2.46. The number of fused-ring (bicyclic) bond motifs is 1. The van der Waals surface area contributed by atoms with Gasteiger partial charge < -0.3 is 15.3 Å². The van der Waals surface area contributed by atoms with Gasteiger partial charge in [-0.05, 0) is 36.8 Å². The Bertz CT molecular complexity index is 663. The zero-order valence-corrected chi connectivity index (χ0v) is 15.5. The van der Waals surface area contributed by atoms with E-state index < -0.39 is 5.60 Å². The molecule has 1 fully saturated rings. The largest absolute Gasteiger partial charge is 0.388 e. The van der Waals surface area contributed by atoms with E-state index in [0.717, 1.165) is 25.9 Å². The molecular formula is C20H29N3O3. The highest BCUT2D eigenvalue weighted by atomic mass is 16.3. The van der Waals surface area contributed by atoms with Crippen molar-refractivity contribution in [3.8, 4) is 0 Å². The normalized spacial score (nSPS) is 23.8. The van der Waals surface area contributed by atoms with Crippen LogP contribution in [0.5, 0.6) is 0 Å². The maximum atomic E-state index is 12.2. The van der Waals surface area contributed by atoms with Crippen molar-refractivity contribution < 1.29 is 14.7 Å². The van der Waals surface area contributed by atoms with E-state index in [1.807, 2.05) is 0 Å². The molecule has 142 valence electrons. The van der Waals surface area contributed by atoms with E-state index >= 15 is 0 Å². The summed E-state index contributed by atoms with van der Waals surface area (Å²) in [6.45, 7) is 5.12. The van der Waals surface area contributed by atoms with E-state index in [4.69, 9.17) is 0 Å². The minimum atomic E-state index is -0.755. The number of carbonyl (C=O) groups is 2. The van der Waals surface area contributed by atoms with E-state index in [1.54, 1.807) is 4.90 Å². The summed E-state index contributed by atoms with van der Waals surface area (Å²) in [7, 11) is 0. The van der Waals surface area contributed by atoms with E-state index in [9.17, 15) is 14.7 Å². The van der Waals surface area contributed by atoms with Crippen LogP contribution in [-0.4, -0.2) is 65.0 Å². The average Bonchev–Trinajstić information content (AvgIpc) is 2.81. The average molecular weight is 359 g/mol. The number of aliphatic hydroxyl groups is 1. The van der Waals surface area contributed by atoms with Gasteiger partial charge in [-0.2, -0.15) is 0 Å². The van der Waals surface area contributed by atoms with Crippen LogP contribution in [0, 0.1) is 0 Å². The number of likely N-dealkylation sites (tertiary alicyclic amines) is 1. The Morgan fingerprint density at radius 2 is 1.92 bits per heavy atom. The molecule has 2 amide bonds. The first-order valence-electron chi connectivity index (χ1n) is 9.49. The SMILES string of the molecule is CC(=O)NCC(=O)N1CCC[C@@](O)(CN2CCc3ccccc3C2)CC1. The highest BCUT2D eigenvalue weighted by Crippen LogP contribution is 2.26. The van der Waals surface area contributed by atoms with Crippen LogP contribution in [0.3, 0.4) is 0 Å². The van der Waals surface area contributed by atoms with Crippen LogP contribution < -0.4 is 5.32 Å². The highest BCUT2D eigenvalue weighted by molar-refractivity contribution is 5.83. The molecule has 0 bridgehead atoms. The monoisotopic (exact) mass is 359 g/mol. The number of nitrogens with one attached hydrogen (secondary N) is 1. The summed E-state index contributed by atoms with van der Waals surface area (Å²) in [4.78, 5) is 27.3. The number of hydrogen-bond acceptors (Lipinski definition) is 4. The number of carbonyl (C=O) groups excluding carboxylic acids is 2. The molecule has 0 radical (unpaired) electrons. The maximum Gasteiger partial charge on any atom is 0.241 e. The lowest BCUT2D eigenvalue weighted by Gasteiger charge is -2.36. The van der Waals surface area contributed by atoms with Crippen LogP contribution in [0.4, 0.5) is 0 Å². The Kier molecular flexibility index (Phi) is 5.94. The van der Waals surface area contributed by atoms with Crippen LogP contribution >= 0.6 is 0 Å². The van der Waals surface area contributed by atoms with Gasteiger partial charge >= 0.3 is 0 Å². The smallest absolute Gasteiger partial charge is 0.241 e. The molecule has 2 aliphatic heterocycles. The van der Waals surface area contributed by atoms with Gasteiger partial charge in [0.1, 0.15) is 0 Å². The molecule has 2 heterocycles. The third-order valence-electron chi connectivity index (χ3n) is 5.49. The second-order valence-electron chi connectivity index (χ2n) is 7.60. The fourth-order valence-corrected chi connectivity index (χ4v) is 4.00. The van der Waals surface area contributed by atoms with Crippen molar-refractivity contribution in [2.75, 3.05) is 32.7 Å². The van der Waals surface area contributed by atoms with Gasteiger partial charge in [-0.3, -0.25) is 14.5 Å². The van der Waals surface area contributed by atoms with Gasteiger partial charge in [-0.1, -0.05) is 24.3 Å². The van der Waals surface area contributed by atoms with Gasteiger partial charge in [0.2, 0.25) is 11.8 Å². The van der Waals surface area contributed by atoms with Crippen LogP contribution in [-0.2, 0) is 22.6 Å². The Hall–Kier alpha value is -1.92. The molecule has 1 saturated heterocycles. The number of hydrogen-bond donors (Lipinski definition) is 2. The third-order valence-corrected chi connectivity index (χ3v) is 5.49. The molecule has 0 aliphatic carbocycles. The van der Waals surface area contributed by atoms with Gasteiger partial charge in [0.05, 0.1) is 12.1 Å². The quantitative estimate of drug-likeness (QED) is 0.839. The number of nitrogens with zero attached hydrogens (tertiary/aromatic N) is 2. The van der Waals surface area contributed by atoms with Crippen LogP contribution in [0.25, 0.3) is 0 Å². The zero-order chi connectivity index (χ0) is 18.6. The zero-order valence-electron chi connectivity index (χ0n) is 15.5. The molecule has 1 aromatic rings. The standard InChI is InChI=1S/C20H29N3O3/c1-16(24)21-13-19(25)23-10-4-8-20(26,9-12-23)15-22-11-7-17-5-2-3-6-18(17)14-22/h2-3,5-6,26H,4,7-15H2,1H3,(H,21,24)/t20-/m0/s1. The van der Waals surface area contributed by atoms with Crippen molar-refractivity contribution >= 4 is 11.8 Å². The molecule has 6 heteroatoms. The molecule has 0 unspecified atom stereocenters. The van der Waals surface area contributed by atoms with E-state index in [0.29, 0.717) is 32.5 Å². The first-order valence-corrected chi connectivity index (χ1v) is 9.49. The fourth-order valence-electron chi connectivity index (χ4n) is 4.00. The molecular weight excluding hydrogens is 330 g/mol. The molecule has 3 rings (SSSR count). The molecule has 1 aromatic carbocycles. The topological polar surface area (TPSA) is 72.9 Å². The summed E-state index contributed by atoms with van der Waals surface area (Å²) in [5.41, 5.74) is 2.00. The molecule has 2 aliphatic rings. The summed E-state index contributed by atoms with van der Waals surface area (Å²) in [5, 5.41) is 13.7. The molecule has 6 nitrogen and oxygen atoms in total. The van der Waals surface area contributed by atoms with Crippen molar-refractivity contribution in [3.63, 3.8) is 0 Å². The molecule has 0 aromatic heterocycles. The van der Waals surface area contributed by atoms with Crippen molar-refractivity contribution in [2.24, 2.45) is 0 Å². The summed E-state index contributed by atoms with van der Waals surface area (Å²) < 4.78 is 0. The van der Waals surface area contributed by atoms with Gasteiger partial charge in [-0.15, -0.1) is 0 Å². The van der Waals surface area contributed by atoms with Crippen molar-refractivity contribution in [1.29, 1.82) is 0 Å². The Morgan fingerprint density at radius 1 is 1.15 bits per heavy atom. The fraction of sp³-hybridized carbons (Fsp3) is 0.600. The van der Waals surface area contributed by atoms with Gasteiger partial charge in [0.25, 0.3) is 0 Å². The van der Waals surface area contributed by atoms with Gasteiger partial charge in [-0.25, -0.2) is 0 Å². The van der Waals surface area contributed by atoms with E-state index in [1.165, 1.54) is 18.1 Å². The minimum Gasteiger partial charge on any atom is -0.388 e. The Balaban J connectivity index is 1.54. The van der Waals surface area contributed by atoms with Crippen molar-refractivity contribution in [3.05, 3.63) is 35.4 Å². The predicted molar refractivity (Wildman–Crippen MR) is 99.5 cm³/mol. The first kappa shape index (κ1) is 18.9. The second-order valence-corrected chi connectivity index (χ2v) is 7.60. The lowest BCUT2D eigenvalue weighted by molar-refractivity contribution is -0.132. The molecule has 26 heavy (non-hydrogen) atoms. The number of benzene rings is 1. The van der Waals surface area contributed by atoms with Crippen LogP contribution in [0.2, 0.25) is 0 Å². The number of amides is 2. The molecule has 1 atom stereocenters. The summed E-state index contributed by atoms with van der Waals surface area (Å²) in [6.07, 6.45) is 3.09. The summed E-state index contributed by atoms with van der Waals surface area (Å²) in [6, 6.07) is 8.51. The lowest BCUT2D eigenvalue weighted by atomic mass is 9.92. The Labute approximate surface area is 155 Å². The second kappa shape index (κ2) is 8.18. The number of β-amino-alcohol motifs (C(OH)–C–C–N with tert-alkyl or cyclic N) is 1. The maximum absolute atomic E-state index is 12.2. The van der Waals surface area contributed by atoms with Crippen molar-refractivity contribution in [2.45, 2.75) is 44.8 Å². The van der Waals surface area contributed by atoms with Crippen LogP contribution in [0.15, 0.2) is 24.3 Å². The van der Waals surface area contributed by atoms with Gasteiger partial charge in [0.15, 0.2) is 0 Å². The molecule has 0 spiro atoms.